The van der Waals surface area contributed by atoms with Gasteiger partial charge in [0.25, 0.3) is 5.91 Å². The number of hydrogen-bond acceptors (Lipinski definition) is 5. The van der Waals surface area contributed by atoms with Crippen LogP contribution in [-0.4, -0.2) is 48.6 Å². The van der Waals surface area contributed by atoms with Crippen LogP contribution in [0.15, 0.2) is 54.6 Å². The van der Waals surface area contributed by atoms with Crippen molar-refractivity contribution < 1.29 is 9.53 Å². The first kappa shape index (κ1) is 19.8. The lowest BCUT2D eigenvalue weighted by Gasteiger charge is -2.41. The summed E-state index contributed by atoms with van der Waals surface area (Å²) in [5.41, 5.74) is 3.37. The Balaban J connectivity index is 1.38. The van der Waals surface area contributed by atoms with Crippen LogP contribution in [-0.2, 0) is 0 Å². The molecule has 1 amide bonds. The molecule has 1 atom stereocenters. The zero-order valence-electron chi connectivity index (χ0n) is 18.0. The highest BCUT2D eigenvalue weighted by Crippen LogP contribution is 2.30. The van der Waals surface area contributed by atoms with Crippen molar-refractivity contribution in [2.75, 3.05) is 31.6 Å². The van der Waals surface area contributed by atoms with E-state index < -0.39 is 0 Å². The molecule has 6 heteroatoms. The largest absolute Gasteiger partial charge is 0.497 e. The molecular formula is C25H25N3O2S. The maximum absolute atomic E-state index is 13.3. The van der Waals surface area contributed by atoms with Crippen LogP contribution in [0.4, 0.5) is 5.69 Å². The molecule has 3 heterocycles. The number of carbonyl (C=O) groups excluding carboxylic acids is 1. The average Bonchev–Trinajstić information content (AvgIpc) is 3.19. The fourth-order valence-corrected chi connectivity index (χ4v) is 5.32. The van der Waals surface area contributed by atoms with Crippen LogP contribution in [0.2, 0.25) is 0 Å². The minimum absolute atomic E-state index is 0.0976. The van der Waals surface area contributed by atoms with E-state index in [9.17, 15) is 4.79 Å². The van der Waals surface area contributed by atoms with Gasteiger partial charge in [0.1, 0.15) is 10.6 Å². The molecule has 0 radical (unpaired) electrons. The van der Waals surface area contributed by atoms with Gasteiger partial charge in [0.05, 0.1) is 17.5 Å². The second-order valence-corrected chi connectivity index (χ2v) is 9.22. The summed E-state index contributed by atoms with van der Waals surface area (Å²) < 4.78 is 5.31. The number of thiophene rings is 1. The summed E-state index contributed by atoms with van der Waals surface area (Å²) in [4.78, 5) is 24.0. The van der Waals surface area contributed by atoms with E-state index in [1.807, 2.05) is 29.2 Å². The van der Waals surface area contributed by atoms with Crippen molar-refractivity contribution in [2.45, 2.75) is 19.9 Å². The normalized spacial score (nSPS) is 16.8. The molecule has 31 heavy (non-hydrogen) atoms. The van der Waals surface area contributed by atoms with Gasteiger partial charge < -0.3 is 14.5 Å². The van der Waals surface area contributed by atoms with Gasteiger partial charge in [0, 0.05) is 48.2 Å². The van der Waals surface area contributed by atoms with E-state index in [-0.39, 0.29) is 11.9 Å². The number of hydrogen-bond donors (Lipinski definition) is 0. The number of aromatic nitrogens is 1. The smallest absolute Gasteiger partial charge is 0.264 e. The van der Waals surface area contributed by atoms with E-state index >= 15 is 0 Å². The number of aryl methyl sites for hydroxylation is 1. The Morgan fingerprint density at radius 3 is 2.74 bits per heavy atom. The van der Waals surface area contributed by atoms with Gasteiger partial charge in [0.15, 0.2) is 0 Å². The highest BCUT2D eigenvalue weighted by atomic mass is 32.1. The van der Waals surface area contributed by atoms with Gasteiger partial charge in [-0.2, -0.15) is 0 Å². The van der Waals surface area contributed by atoms with Crippen molar-refractivity contribution in [3.05, 3.63) is 65.0 Å². The zero-order chi connectivity index (χ0) is 21.5. The first-order valence-corrected chi connectivity index (χ1v) is 11.3. The highest BCUT2D eigenvalue weighted by Gasteiger charge is 2.28. The summed E-state index contributed by atoms with van der Waals surface area (Å²) in [5.74, 6) is 0.882. The summed E-state index contributed by atoms with van der Waals surface area (Å²) in [6.45, 7) is 6.58. The predicted molar refractivity (Wildman–Crippen MR) is 128 cm³/mol. The van der Waals surface area contributed by atoms with Gasteiger partial charge in [-0.15, -0.1) is 11.3 Å². The van der Waals surface area contributed by atoms with E-state index in [2.05, 4.69) is 49.1 Å². The van der Waals surface area contributed by atoms with Crippen LogP contribution >= 0.6 is 11.3 Å². The highest BCUT2D eigenvalue weighted by molar-refractivity contribution is 7.20. The molecule has 0 aliphatic carbocycles. The number of anilines is 1. The molecule has 5 rings (SSSR count). The molecule has 2 aromatic carbocycles. The summed E-state index contributed by atoms with van der Waals surface area (Å²) >= 11 is 1.47. The van der Waals surface area contributed by atoms with Crippen LogP contribution in [0.1, 0.15) is 22.2 Å². The number of amides is 1. The first-order chi connectivity index (χ1) is 15.0. The van der Waals surface area contributed by atoms with Gasteiger partial charge in [0.2, 0.25) is 0 Å². The minimum Gasteiger partial charge on any atom is -0.497 e. The van der Waals surface area contributed by atoms with E-state index in [0.717, 1.165) is 44.8 Å². The molecule has 1 aliphatic rings. The molecule has 0 saturated carbocycles. The Hall–Kier alpha value is -3.12. The van der Waals surface area contributed by atoms with Gasteiger partial charge >= 0.3 is 0 Å². The average molecular weight is 432 g/mol. The van der Waals surface area contributed by atoms with Crippen LogP contribution in [0.3, 0.4) is 0 Å². The Bertz CT molecular complexity index is 1280. The zero-order valence-corrected chi connectivity index (χ0v) is 18.8. The number of rotatable bonds is 3. The van der Waals surface area contributed by atoms with Crippen LogP contribution in [0.5, 0.6) is 5.75 Å². The van der Waals surface area contributed by atoms with Gasteiger partial charge in [-0.05, 0) is 55.8 Å². The summed E-state index contributed by atoms with van der Waals surface area (Å²) in [6.07, 6.45) is 0. The Kier molecular flexibility index (Phi) is 5.02. The quantitative estimate of drug-likeness (QED) is 0.452. The molecule has 2 aromatic heterocycles. The third kappa shape index (κ3) is 3.72. The van der Waals surface area contributed by atoms with Crippen molar-refractivity contribution in [2.24, 2.45) is 0 Å². The third-order valence-corrected chi connectivity index (χ3v) is 7.00. The topological polar surface area (TPSA) is 45.7 Å². The monoisotopic (exact) mass is 431 g/mol. The number of benzene rings is 2. The molecule has 1 aliphatic heterocycles. The first-order valence-electron chi connectivity index (χ1n) is 10.5. The second kappa shape index (κ2) is 7.85. The van der Waals surface area contributed by atoms with E-state index in [4.69, 9.17) is 9.72 Å². The van der Waals surface area contributed by atoms with Crippen molar-refractivity contribution in [3.8, 4) is 5.75 Å². The standard InChI is InChI=1S/C25H25N3O2S/c1-16-5-4-6-20(11-16)28-10-9-27(15-17(28)2)25(29)23-13-19-12-18-7-8-21(30-3)14-22(18)26-24(19)31-23/h4-8,11-14,17H,9-10,15H2,1-3H3. The Morgan fingerprint density at radius 2 is 1.97 bits per heavy atom. The molecular weight excluding hydrogens is 406 g/mol. The minimum atomic E-state index is 0.0976. The molecule has 1 saturated heterocycles. The summed E-state index contributed by atoms with van der Waals surface area (Å²) in [5, 5.41) is 2.06. The van der Waals surface area contributed by atoms with Crippen LogP contribution < -0.4 is 9.64 Å². The van der Waals surface area contributed by atoms with E-state index in [1.165, 1.54) is 22.6 Å². The number of fused-ring (bicyclic) bond motifs is 2. The molecule has 1 fully saturated rings. The fraction of sp³-hybridized carbons (Fsp3) is 0.280. The molecule has 4 aromatic rings. The number of pyridine rings is 1. The molecule has 0 bridgehead atoms. The Labute approximate surface area is 185 Å². The van der Waals surface area contributed by atoms with E-state index in [1.54, 1.807) is 7.11 Å². The SMILES string of the molecule is COc1ccc2cc3cc(C(=O)N4CCN(c5cccc(C)c5)C(C)C4)sc3nc2c1. The number of ether oxygens (including phenoxy) is 1. The maximum Gasteiger partial charge on any atom is 0.264 e. The van der Waals surface area contributed by atoms with Gasteiger partial charge in [-0.3, -0.25) is 4.79 Å². The molecule has 0 N–H and O–H groups in total. The summed E-state index contributed by atoms with van der Waals surface area (Å²) in [7, 11) is 1.65. The predicted octanol–water partition coefficient (Wildman–Crippen LogP) is 5.12. The number of piperazine rings is 1. The second-order valence-electron chi connectivity index (χ2n) is 8.18. The van der Waals surface area contributed by atoms with Crippen LogP contribution in [0, 0.1) is 6.92 Å². The van der Waals surface area contributed by atoms with Crippen molar-refractivity contribution in [1.29, 1.82) is 0 Å². The van der Waals surface area contributed by atoms with Crippen molar-refractivity contribution >= 4 is 44.1 Å². The molecule has 5 nitrogen and oxygen atoms in total. The molecule has 1 unspecified atom stereocenters. The van der Waals surface area contributed by atoms with Crippen molar-refractivity contribution in [3.63, 3.8) is 0 Å². The number of nitrogens with zero attached hydrogens (tertiary/aromatic N) is 3. The van der Waals surface area contributed by atoms with Gasteiger partial charge in [-0.1, -0.05) is 12.1 Å². The lowest BCUT2D eigenvalue weighted by Crippen LogP contribution is -2.53. The Morgan fingerprint density at radius 1 is 1.10 bits per heavy atom. The fourth-order valence-electron chi connectivity index (χ4n) is 4.33. The van der Waals surface area contributed by atoms with Gasteiger partial charge in [-0.25, -0.2) is 4.98 Å². The van der Waals surface area contributed by atoms with E-state index in [0.29, 0.717) is 6.54 Å². The van der Waals surface area contributed by atoms with Crippen molar-refractivity contribution in [1.82, 2.24) is 9.88 Å². The maximum atomic E-state index is 13.3. The molecule has 158 valence electrons. The lowest BCUT2D eigenvalue weighted by molar-refractivity contribution is 0.0731. The lowest BCUT2D eigenvalue weighted by atomic mass is 10.1. The molecule has 0 spiro atoms. The summed E-state index contributed by atoms with van der Waals surface area (Å²) in [6, 6.07) is 18.8. The van der Waals surface area contributed by atoms with Crippen LogP contribution in [0.25, 0.3) is 21.1 Å². The number of methoxy groups -OCH3 is 1. The number of carbonyl (C=O) groups is 1. The third-order valence-electron chi connectivity index (χ3n) is 5.97.